The molecule has 4 aromatic rings. The molecule has 0 atom stereocenters. The summed E-state index contributed by atoms with van der Waals surface area (Å²) in [5, 5.41) is 5.09. The molecule has 0 spiro atoms. The van der Waals surface area contributed by atoms with Crippen LogP contribution in [0.15, 0.2) is 66.2 Å². The normalized spacial score (nSPS) is 11.0. The minimum absolute atomic E-state index is 0.735. The fraction of sp³-hybridized carbons (Fsp3) is 0.111. The van der Waals surface area contributed by atoms with Crippen LogP contribution in [0.5, 0.6) is 0 Å². The van der Waals surface area contributed by atoms with Crippen LogP contribution >= 0.6 is 11.8 Å². The Bertz CT molecular complexity index is 1010. The van der Waals surface area contributed by atoms with Crippen LogP contribution in [0.4, 0.5) is 11.6 Å². The first-order valence-corrected chi connectivity index (χ1v) is 8.99. The van der Waals surface area contributed by atoms with E-state index in [1.807, 2.05) is 53.1 Å². The van der Waals surface area contributed by atoms with Crippen molar-refractivity contribution in [3.63, 3.8) is 0 Å². The molecule has 0 aliphatic rings. The minimum atomic E-state index is 0.735. The van der Waals surface area contributed by atoms with Gasteiger partial charge in [-0.05, 0) is 35.6 Å². The van der Waals surface area contributed by atoms with E-state index in [9.17, 15) is 0 Å². The molecule has 0 fully saturated rings. The van der Waals surface area contributed by atoms with Crippen LogP contribution in [-0.2, 0) is 0 Å². The van der Waals surface area contributed by atoms with Crippen molar-refractivity contribution in [3.8, 4) is 11.1 Å². The van der Waals surface area contributed by atoms with Gasteiger partial charge in [-0.15, -0.1) is 0 Å². The minimum Gasteiger partial charge on any atom is -0.314 e. The maximum Gasteiger partial charge on any atom is 0.189 e. The zero-order valence-electron chi connectivity index (χ0n) is 13.9. The predicted octanol–water partition coefficient (Wildman–Crippen LogP) is 3.68. The summed E-state index contributed by atoms with van der Waals surface area (Å²) in [5.74, 6) is 1.70. The number of aromatic nitrogens is 5. The van der Waals surface area contributed by atoms with Crippen LogP contribution in [0, 0.1) is 0 Å². The summed E-state index contributed by atoms with van der Waals surface area (Å²) in [5.41, 5.74) is 3.01. The highest BCUT2D eigenvalue weighted by atomic mass is 32.2. The van der Waals surface area contributed by atoms with E-state index in [1.54, 1.807) is 12.5 Å². The van der Waals surface area contributed by atoms with Crippen LogP contribution in [0.3, 0.4) is 0 Å². The van der Waals surface area contributed by atoms with Crippen molar-refractivity contribution in [1.29, 1.82) is 0 Å². The molecule has 0 bridgehead atoms. The second-order valence-corrected chi connectivity index (χ2v) is 6.23. The quantitative estimate of drug-likeness (QED) is 0.414. The Morgan fingerprint density at radius 2 is 1.84 bits per heavy atom. The van der Waals surface area contributed by atoms with E-state index in [0.29, 0.717) is 0 Å². The van der Waals surface area contributed by atoms with Gasteiger partial charge in [0, 0.05) is 13.2 Å². The third-order valence-electron chi connectivity index (χ3n) is 3.96. The predicted molar refractivity (Wildman–Crippen MR) is 100 cm³/mol. The topological polar surface area (TPSA) is 59.2 Å². The van der Waals surface area contributed by atoms with Gasteiger partial charge in [-0.3, -0.25) is 0 Å². The molecule has 0 unspecified atom stereocenters. The molecule has 0 saturated heterocycles. The first-order valence-electron chi connectivity index (χ1n) is 7.76. The molecule has 7 heteroatoms. The molecule has 6 nitrogen and oxygen atoms in total. The monoisotopic (exact) mass is 348 g/mol. The van der Waals surface area contributed by atoms with E-state index < -0.39 is 0 Å². The number of rotatable bonds is 4. The van der Waals surface area contributed by atoms with Crippen molar-refractivity contribution in [2.45, 2.75) is 5.16 Å². The van der Waals surface area contributed by atoms with Crippen LogP contribution in [-0.4, -0.2) is 37.9 Å². The van der Waals surface area contributed by atoms with Crippen molar-refractivity contribution >= 4 is 29.0 Å². The number of benzene rings is 1. The van der Waals surface area contributed by atoms with Crippen LogP contribution in [0.25, 0.3) is 16.8 Å². The lowest BCUT2D eigenvalue weighted by Gasteiger charge is -2.20. The smallest absolute Gasteiger partial charge is 0.189 e. The van der Waals surface area contributed by atoms with Gasteiger partial charge in [0.2, 0.25) is 0 Å². The second kappa shape index (κ2) is 6.52. The van der Waals surface area contributed by atoms with E-state index in [-0.39, 0.29) is 0 Å². The average Bonchev–Trinajstić information content (AvgIpc) is 3.16. The number of fused-ring (bicyclic) bond motifs is 1. The zero-order valence-corrected chi connectivity index (χ0v) is 14.7. The number of nitrogens with zero attached hydrogens (tertiary/aromatic N) is 6. The fourth-order valence-corrected chi connectivity index (χ4v) is 3.03. The van der Waals surface area contributed by atoms with E-state index in [4.69, 9.17) is 0 Å². The molecular weight excluding hydrogens is 332 g/mol. The summed E-state index contributed by atoms with van der Waals surface area (Å²) in [6.45, 7) is 0. The van der Waals surface area contributed by atoms with Gasteiger partial charge in [0.05, 0.1) is 0 Å². The molecular formula is C18H16N6S. The highest BCUT2D eigenvalue weighted by molar-refractivity contribution is 7.98. The number of thioether (sulfide) groups is 1. The maximum absolute atomic E-state index is 4.58. The molecule has 0 amide bonds. The third-order valence-corrected chi connectivity index (χ3v) is 4.52. The van der Waals surface area contributed by atoms with Gasteiger partial charge in [0.15, 0.2) is 10.8 Å². The Morgan fingerprint density at radius 3 is 2.64 bits per heavy atom. The first-order chi connectivity index (χ1) is 12.3. The largest absolute Gasteiger partial charge is 0.314 e. The molecule has 0 aliphatic heterocycles. The number of pyridine rings is 1. The van der Waals surface area contributed by atoms with E-state index >= 15 is 0 Å². The maximum atomic E-state index is 4.58. The fourth-order valence-electron chi connectivity index (χ4n) is 2.68. The molecule has 0 radical (unpaired) electrons. The summed E-state index contributed by atoms with van der Waals surface area (Å²) in [7, 11) is 1.97. The van der Waals surface area contributed by atoms with Gasteiger partial charge < -0.3 is 4.90 Å². The molecule has 1 aromatic carbocycles. The van der Waals surface area contributed by atoms with Gasteiger partial charge in [-0.2, -0.15) is 9.61 Å². The van der Waals surface area contributed by atoms with Crippen molar-refractivity contribution < 1.29 is 0 Å². The van der Waals surface area contributed by atoms with Gasteiger partial charge in [0.1, 0.15) is 18.0 Å². The SMILES string of the molecule is CSc1nccc(N(C)c2cc(-c3ccccc3)cc3ncnn23)n1. The Hall–Kier alpha value is -2.93. The summed E-state index contributed by atoms with van der Waals surface area (Å²) in [6.07, 6.45) is 5.30. The lowest BCUT2D eigenvalue weighted by atomic mass is 10.1. The van der Waals surface area contributed by atoms with Crippen molar-refractivity contribution in [2.24, 2.45) is 0 Å². The average molecular weight is 348 g/mol. The van der Waals surface area contributed by atoms with E-state index in [0.717, 1.165) is 33.6 Å². The Morgan fingerprint density at radius 1 is 1.00 bits per heavy atom. The molecule has 0 aliphatic carbocycles. The van der Waals surface area contributed by atoms with Gasteiger partial charge in [-0.1, -0.05) is 42.1 Å². The van der Waals surface area contributed by atoms with E-state index in [2.05, 4.69) is 38.2 Å². The van der Waals surface area contributed by atoms with Crippen LogP contribution < -0.4 is 4.90 Å². The second-order valence-electron chi connectivity index (χ2n) is 5.46. The van der Waals surface area contributed by atoms with Crippen LogP contribution in [0.2, 0.25) is 0 Å². The Balaban J connectivity index is 1.86. The summed E-state index contributed by atoms with van der Waals surface area (Å²) in [4.78, 5) is 15.2. The highest BCUT2D eigenvalue weighted by Crippen LogP contribution is 2.29. The summed E-state index contributed by atoms with van der Waals surface area (Å²) in [6, 6.07) is 16.3. The summed E-state index contributed by atoms with van der Waals surface area (Å²) >= 11 is 1.52. The molecule has 25 heavy (non-hydrogen) atoms. The lowest BCUT2D eigenvalue weighted by molar-refractivity contribution is 0.896. The molecule has 124 valence electrons. The lowest BCUT2D eigenvalue weighted by Crippen LogP contribution is -2.16. The number of hydrogen-bond acceptors (Lipinski definition) is 6. The van der Waals surface area contributed by atoms with Crippen molar-refractivity contribution in [3.05, 3.63) is 61.1 Å². The molecule has 0 N–H and O–H groups in total. The number of anilines is 2. The first kappa shape index (κ1) is 15.6. The van der Waals surface area contributed by atoms with E-state index in [1.165, 1.54) is 11.8 Å². The van der Waals surface area contributed by atoms with Gasteiger partial charge in [-0.25, -0.2) is 15.0 Å². The molecule has 4 rings (SSSR count). The molecule has 3 heterocycles. The highest BCUT2D eigenvalue weighted by Gasteiger charge is 2.14. The Labute approximate surface area is 149 Å². The van der Waals surface area contributed by atoms with Gasteiger partial charge in [0.25, 0.3) is 0 Å². The number of hydrogen-bond donors (Lipinski definition) is 0. The van der Waals surface area contributed by atoms with Crippen molar-refractivity contribution in [1.82, 2.24) is 24.6 Å². The standard InChI is InChI=1S/C18H16N6S/c1-23(15-8-9-19-18(22-15)25-2)17-11-14(13-6-4-3-5-7-13)10-16-20-12-21-24(16)17/h3-12H,1-2H3. The third kappa shape index (κ3) is 2.94. The van der Waals surface area contributed by atoms with Crippen molar-refractivity contribution in [2.75, 3.05) is 18.2 Å². The van der Waals surface area contributed by atoms with Gasteiger partial charge >= 0.3 is 0 Å². The summed E-state index contributed by atoms with van der Waals surface area (Å²) < 4.78 is 1.81. The molecule has 0 saturated carbocycles. The zero-order chi connectivity index (χ0) is 17.2. The van der Waals surface area contributed by atoms with Crippen LogP contribution in [0.1, 0.15) is 0 Å². The molecule has 3 aromatic heterocycles. The Kier molecular flexibility index (Phi) is 4.07.